The zero-order chi connectivity index (χ0) is 17.7. The van der Waals surface area contributed by atoms with Gasteiger partial charge in [0.15, 0.2) is 5.78 Å². The molecule has 3 fully saturated rings. The Balaban J connectivity index is 1.61. The van der Waals surface area contributed by atoms with Gasteiger partial charge in [0, 0.05) is 13.0 Å². The van der Waals surface area contributed by atoms with Gasteiger partial charge in [-0.25, -0.2) is 0 Å². The first-order valence-corrected chi connectivity index (χ1v) is 10.9. The van der Waals surface area contributed by atoms with Gasteiger partial charge in [-0.2, -0.15) is 0 Å². The molecule has 6 atom stereocenters. The molecule has 0 unspecified atom stereocenters. The van der Waals surface area contributed by atoms with Crippen LogP contribution < -0.4 is 0 Å². The summed E-state index contributed by atoms with van der Waals surface area (Å²) in [7, 11) is 0. The standard InChI is InChI=1S/C23H36O2/c1-16-14-18-19(22(2)11-7-17(25)15-21(16)22)8-12-23(9-3-4-13-24)10-5-6-20(18)23/h15-16,18-20,24H,3-14H2,1-2H3/t16-,18+,19-,20-,22+,23-/m0/s1. The fraction of sp³-hybridized carbons (Fsp3) is 0.870. The molecular formula is C23H36O2. The summed E-state index contributed by atoms with van der Waals surface area (Å²) in [5.41, 5.74) is 2.37. The van der Waals surface area contributed by atoms with Gasteiger partial charge in [-0.1, -0.05) is 32.3 Å². The average Bonchev–Trinajstić information content (AvgIpc) is 3.01. The van der Waals surface area contributed by atoms with E-state index in [1.807, 2.05) is 6.08 Å². The van der Waals surface area contributed by atoms with E-state index in [-0.39, 0.29) is 5.41 Å². The summed E-state index contributed by atoms with van der Waals surface area (Å²) in [6.45, 7) is 5.23. The van der Waals surface area contributed by atoms with Gasteiger partial charge < -0.3 is 5.11 Å². The maximum absolute atomic E-state index is 12.0. The summed E-state index contributed by atoms with van der Waals surface area (Å²) in [6.07, 6.45) is 15.8. The van der Waals surface area contributed by atoms with Crippen LogP contribution in [-0.4, -0.2) is 17.5 Å². The Labute approximate surface area is 153 Å². The molecule has 25 heavy (non-hydrogen) atoms. The molecule has 0 heterocycles. The van der Waals surface area contributed by atoms with Gasteiger partial charge in [0.1, 0.15) is 0 Å². The lowest BCUT2D eigenvalue weighted by molar-refractivity contribution is -0.118. The van der Waals surface area contributed by atoms with Crippen LogP contribution in [0.1, 0.15) is 84.5 Å². The van der Waals surface area contributed by atoms with Crippen LogP contribution in [0, 0.1) is 34.5 Å². The Bertz CT molecular complexity index is 564. The molecule has 0 amide bonds. The molecule has 140 valence electrons. The summed E-state index contributed by atoms with van der Waals surface area (Å²) in [6, 6.07) is 0. The number of hydrogen-bond acceptors (Lipinski definition) is 2. The molecule has 1 N–H and O–H groups in total. The molecule has 2 nitrogen and oxygen atoms in total. The molecule has 0 saturated heterocycles. The molecule has 0 radical (unpaired) electrons. The Morgan fingerprint density at radius 1 is 1.16 bits per heavy atom. The molecule has 3 saturated carbocycles. The largest absolute Gasteiger partial charge is 0.396 e. The second kappa shape index (κ2) is 6.51. The third-order valence-corrected chi connectivity index (χ3v) is 8.89. The maximum Gasteiger partial charge on any atom is 0.155 e. The van der Waals surface area contributed by atoms with Gasteiger partial charge >= 0.3 is 0 Å². The molecule has 2 heteroatoms. The van der Waals surface area contributed by atoms with Crippen LogP contribution in [0.2, 0.25) is 0 Å². The SMILES string of the molecule is C[C@H]1C[C@H]2[C@@H]3CCC[C@@]3(CCCCO)CC[C@@H]2[C@@]2(C)CCC(=O)C=C12. The fourth-order valence-corrected chi connectivity index (χ4v) is 7.80. The minimum Gasteiger partial charge on any atom is -0.396 e. The normalized spacial score (nSPS) is 46.2. The Kier molecular flexibility index (Phi) is 4.63. The number of allylic oxidation sites excluding steroid dienone is 1. The monoisotopic (exact) mass is 344 g/mol. The third-order valence-electron chi connectivity index (χ3n) is 8.89. The predicted molar refractivity (Wildman–Crippen MR) is 101 cm³/mol. The number of ketones is 1. The van der Waals surface area contributed by atoms with Crippen LogP contribution >= 0.6 is 0 Å². The summed E-state index contributed by atoms with van der Waals surface area (Å²) in [5.74, 6) is 3.54. The fourth-order valence-electron chi connectivity index (χ4n) is 7.80. The Morgan fingerprint density at radius 2 is 2.00 bits per heavy atom. The van der Waals surface area contributed by atoms with Crippen molar-refractivity contribution >= 4 is 5.78 Å². The van der Waals surface area contributed by atoms with Gasteiger partial charge in [0.2, 0.25) is 0 Å². The van der Waals surface area contributed by atoms with Crippen molar-refractivity contribution in [2.24, 2.45) is 34.5 Å². The van der Waals surface area contributed by atoms with Gasteiger partial charge in [0.25, 0.3) is 0 Å². The van der Waals surface area contributed by atoms with E-state index in [2.05, 4.69) is 13.8 Å². The van der Waals surface area contributed by atoms with E-state index in [1.54, 1.807) is 0 Å². The topological polar surface area (TPSA) is 37.3 Å². The first kappa shape index (κ1) is 17.8. The van der Waals surface area contributed by atoms with E-state index in [0.29, 0.717) is 23.7 Å². The molecule has 0 spiro atoms. The molecule has 4 aliphatic carbocycles. The number of aliphatic hydroxyl groups is 1. The minimum atomic E-state index is 0.288. The van der Waals surface area contributed by atoms with Gasteiger partial charge in [-0.15, -0.1) is 0 Å². The second-order valence-corrected chi connectivity index (χ2v) is 9.97. The molecular weight excluding hydrogens is 308 g/mol. The van der Waals surface area contributed by atoms with Crippen LogP contribution in [0.3, 0.4) is 0 Å². The highest BCUT2D eigenvalue weighted by atomic mass is 16.2. The van der Waals surface area contributed by atoms with E-state index in [1.165, 1.54) is 56.9 Å². The molecule has 4 rings (SSSR count). The minimum absolute atomic E-state index is 0.288. The van der Waals surface area contributed by atoms with E-state index in [0.717, 1.165) is 37.0 Å². The lowest BCUT2D eigenvalue weighted by Crippen LogP contribution is -2.51. The van der Waals surface area contributed by atoms with Crippen molar-refractivity contribution in [1.29, 1.82) is 0 Å². The summed E-state index contributed by atoms with van der Waals surface area (Å²) >= 11 is 0. The number of hydrogen-bond donors (Lipinski definition) is 1. The lowest BCUT2D eigenvalue weighted by atomic mass is 9.45. The highest BCUT2D eigenvalue weighted by Gasteiger charge is 2.58. The van der Waals surface area contributed by atoms with Crippen molar-refractivity contribution in [2.45, 2.75) is 84.5 Å². The summed E-state index contributed by atoms with van der Waals surface area (Å²) < 4.78 is 0. The zero-order valence-corrected chi connectivity index (χ0v) is 16.2. The highest BCUT2D eigenvalue weighted by molar-refractivity contribution is 5.91. The predicted octanol–water partition coefficient (Wildman–Crippen LogP) is 5.30. The number of carbonyl (C=O) groups excluding carboxylic acids is 1. The van der Waals surface area contributed by atoms with Crippen molar-refractivity contribution in [3.63, 3.8) is 0 Å². The average molecular weight is 345 g/mol. The molecule has 0 aromatic rings. The Morgan fingerprint density at radius 3 is 2.80 bits per heavy atom. The van der Waals surface area contributed by atoms with Crippen LogP contribution in [-0.2, 0) is 4.79 Å². The van der Waals surface area contributed by atoms with Crippen molar-refractivity contribution < 1.29 is 9.90 Å². The molecule has 4 aliphatic rings. The molecule has 0 aromatic carbocycles. The van der Waals surface area contributed by atoms with Crippen LogP contribution in [0.4, 0.5) is 0 Å². The summed E-state index contributed by atoms with van der Waals surface area (Å²) in [4.78, 5) is 12.0. The maximum atomic E-state index is 12.0. The smallest absolute Gasteiger partial charge is 0.155 e. The first-order valence-electron chi connectivity index (χ1n) is 10.9. The number of unbranched alkanes of at least 4 members (excludes halogenated alkanes) is 1. The number of aliphatic hydroxyl groups excluding tert-OH is 1. The van der Waals surface area contributed by atoms with Gasteiger partial charge in [0.05, 0.1) is 0 Å². The quantitative estimate of drug-likeness (QED) is 0.703. The van der Waals surface area contributed by atoms with Crippen LogP contribution in [0.25, 0.3) is 0 Å². The van der Waals surface area contributed by atoms with E-state index in [4.69, 9.17) is 0 Å². The van der Waals surface area contributed by atoms with Crippen molar-refractivity contribution in [3.8, 4) is 0 Å². The van der Waals surface area contributed by atoms with Crippen LogP contribution in [0.5, 0.6) is 0 Å². The zero-order valence-electron chi connectivity index (χ0n) is 16.2. The second-order valence-electron chi connectivity index (χ2n) is 9.97. The van der Waals surface area contributed by atoms with Crippen molar-refractivity contribution in [2.75, 3.05) is 6.61 Å². The molecule has 0 aliphatic heterocycles. The number of fused-ring (bicyclic) bond motifs is 5. The van der Waals surface area contributed by atoms with Gasteiger partial charge in [-0.05, 0) is 91.9 Å². The molecule has 0 aromatic heterocycles. The van der Waals surface area contributed by atoms with E-state index < -0.39 is 0 Å². The first-order chi connectivity index (χ1) is 12.0. The molecule has 0 bridgehead atoms. The van der Waals surface area contributed by atoms with Crippen molar-refractivity contribution in [3.05, 3.63) is 11.6 Å². The number of rotatable bonds is 4. The van der Waals surface area contributed by atoms with E-state index >= 15 is 0 Å². The van der Waals surface area contributed by atoms with Crippen LogP contribution in [0.15, 0.2) is 11.6 Å². The Hall–Kier alpha value is -0.630. The highest BCUT2D eigenvalue weighted by Crippen LogP contribution is 2.67. The number of carbonyl (C=O) groups is 1. The summed E-state index contributed by atoms with van der Waals surface area (Å²) in [5, 5.41) is 9.21. The lowest BCUT2D eigenvalue weighted by Gasteiger charge is -2.59. The van der Waals surface area contributed by atoms with E-state index in [9.17, 15) is 9.90 Å². The third kappa shape index (κ3) is 2.74. The van der Waals surface area contributed by atoms with Crippen molar-refractivity contribution in [1.82, 2.24) is 0 Å². The van der Waals surface area contributed by atoms with Gasteiger partial charge in [-0.3, -0.25) is 4.79 Å².